The van der Waals surface area contributed by atoms with E-state index in [2.05, 4.69) is 37.4 Å². The standard InChI is InChI=1S/C18H22FN/c1-13-7-14(2)9-16(8-13)12-18(20-3)11-15-5-4-6-17(19)10-15/h4-10,18,20H,11-12H2,1-3H3. The van der Waals surface area contributed by atoms with E-state index >= 15 is 0 Å². The summed E-state index contributed by atoms with van der Waals surface area (Å²) in [7, 11) is 1.96. The molecule has 1 N–H and O–H groups in total. The molecule has 0 heterocycles. The summed E-state index contributed by atoms with van der Waals surface area (Å²) >= 11 is 0. The first kappa shape index (κ1) is 14.7. The predicted molar refractivity (Wildman–Crippen MR) is 82.6 cm³/mol. The topological polar surface area (TPSA) is 12.0 Å². The molecular weight excluding hydrogens is 249 g/mol. The number of aryl methyl sites for hydroxylation is 2. The zero-order valence-corrected chi connectivity index (χ0v) is 12.4. The SMILES string of the molecule is CNC(Cc1cc(C)cc(C)c1)Cc1cccc(F)c1. The van der Waals surface area contributed by atoms with Gasteiger partial charge in [0.1, 0.15) is 5.82 Å². The fourth-order valence-corrected chi connectivity index (χ4v) is 2.70. The van der Waals surface area contributed by atoms with E-state index in [-0.39, 0.29) is 5.82 Å². The second-order valence-corrected chi connectivity index (χ2v) is 5.52. The molecule has 2 aromatic rings. The van der Waals surface area contributed by atoms with Crippen molar-refractivity contribution in [2.45, 2.75) is 32.7 Å². The Morgan fingerprint density at radius 2 is 1.60 bits per heavy atom. The minimum absolute atomic E-state index is 0.163. The molecule has 1 atom stereocenters. The van der Waals surface area contributed by atoms with Crippen LogP contribution in [0.1, 0.15) is 22.3 Å². The summed E-state index contributed by atoms with van der Waals surface area (Å²) in [5, 5.41) is 3.33. The normalized spacial score (nSPS) is 12.4. The van der Waals surface area contributed by atoms with Gasteiger partial charge in [0, 0.05) is 6.04 Å². The molecule has 2 rings (SSSR count). The van der Waals surface area contributed by atoms with Crippen LogP contribution in [0, 0.1) is 19.7 Å². The highest BCUT2D eigenvalue weighted by atomic mass is 19.1. The Bertz CT molecular complexity index is 557. The molecule has 106 valence electrons. The number of rotatable bonds is 5. The molecule has 2 aromatic carbocycles. The minimum atomic E-state index is -0.163. The maximum absolute atomic E-state index is 13.2. The molecule has 0 amide bonds. The molecule has 0 aliphatic heterocycles. The van der Waals surface area contributed by atoms with Crippen LogP contribution in [0.25, 0.3) is 0 Å². The van der Waals surface area contributed by atoms with Gasteiger partial charge in [-0.2, -0.15) is 0 Å². The highest BCUT2D eigenvalue weighted by molar-refractivity contribution is 5.29. The molecule has 1 unspecified atom stereocenters. The van der Waals surface area contributed by atoms with Crippen molar-refractivity contribution in [3.63, 3.8) is 0 Å². The molecule has 0 radical (unpaired) electrons. The number of halogens is 1. The van der Waals surface area contributed by atoms with Crippen LogP contribution < -0.4 is 5.32 Å². The number of benzene rings is 2. The highest BCUT2D eigenvalue weighted by Gasteiger charge is 2.09. The summed E-state index contributed by atoms with van der Waals surface area (Å²) in [6.45, 7) is 4.24. The van der Waals surface area contributed by atoms with Gasteiger partial charge < -0.3 is 5.32 Å². The lowest BCUT2D eigenvalue weighted by molar-refractivity contribution is 0.552. The summed E-state index contributed by atoms with van der Waals surface area (Å²) in [6.07, 6.45) is 1.79. The zero-order chi connectivity index (χ0) is 14.5. The van der Waals surface area contributed by atoms with E-state index in [1.54, 1.807) is 12.1 Å². The molecule has 0 bridgehead atoms. The predicted octanol–water partition coefficient (Wildman–Crippen LogP) is 3.82. The average molecular weight is 271 g/mol. The van der Waals surface area contributed by atoms with Crippen LogP contribution in [0.2, 0.25) is 0 Å². The van der Waals surface area contributed by atoms with Gasteiger partial charge in [0.25, 0.3) is 0 Å². The summed E-state index contributed by atoms with van der Waals surface area (Å²) < 4.78 is 13.2. The molecular formula is C18H22FN. The first-order chi connectivity index (χ1) is 9.56. The molecule has 0 saturated heterocycles. The van der Waals surface area contributed by atoms with Gasteiger partial charge in [0.05, 0.1) is 0 Å². The molecule has 0 spiro atoms. The third kappa shape index (κ3) is 4.17. The zero-order valence-electron chi connectivity index (χ0n) is 12.4. The lowest BCUT2D eigenvalue weighted by Crippen LogP contribution is -2.30. The van der Waals surface area contributed by atoms with Crippen LogP contribution in [-0.2, 0) is 12.8 Å². The van der Waals surface area contributed by atoms with Crippen LogP contribution in [0.5, 0.6) is 0 Å². The summed E-state index contributed by atoms with van der Waals surface area (Å²) in [6, 6.07) is 13.8. The van der Waals surface area contributed by atoms with Crippen molar-refractivity contribution in [1.29, 1.82) is 0 Å². The Hall–Kier alpha value is -1.67. The van der Waals surface area contributed by atoms with Crippen molar-refractivity contribution in [1.82, 2.24) is 5.32 Å². The quantitative estimate of drug-likeness (QED) is 0.872. The molecule has 20 heavy (non-hydrogen) atoms. The van der Waals surface area contributed by atoms with Crippen LogP contribution >= 0.6 is 0 Å². The number of hydrogen-bond donors (Lipinski definition) is 1. The largest absolute Gasteiger partial charge is 0.316 e. The number of hydrogen-bond acceptors (Lipinski definition) is 1. The summed E-state index contributed by atoms with van der Waals surface area (Å²) in [5.41, 5.74) is 4.95. The molecule has 0 aliphatic carbocycles. The van der Waals surface area contributed by atoms with E-state index in [0.29, 0.717) is 6.04 Å². The Morgan fingerprint density at radius 3 is 2.20 bits per heavy atom. The fourth-order valence-electron chi connectivity index (χ4n) is 2.70. The molecule has 1 nitrogen and oxygen atoms in total. The maximum atomic E-state index is 13.2. The van der Waals surface area contributed by atoms with E-state index in [4.69, 9.17) is 0 Å². The third-order valence-corrected chi connectivity index (χ3v) is 3.54. The van der Waals surface area contributed by atoms with E-state index < -0.39 is 0 Å². The maximum Gasteiger partial charge on any atom is 0.123 e. The Kier molecular flexibility index (Phi) is 4.91. The van der Waals surface area contributed by atoms with E-state index in [0.717, 1.165) is 18.4 Å². The molecule has 0 aliphatic rings. The van der Waals surface area contributed by atoms with Gasteiger partial charge in [0.15, 0.2) is 0 Å². The first-order valence-electron chi connectivity index (χ1n) is 7.05. The Balaban J connectivity index is 2.09. The molecule has 2 heteroatoms. The molecule has 0 saturated carbocycles. The van der Waals surface area contributed by atoms with Crippen molar-refractivity contribution in [2.75, 3.05) is 7.05 Å². The number of likely N-dealkylation sites (N-methyl/N-ethyl adjacent to an activating group) is 1. The van der Waals surface area contributed by atoms with Crippen LogP contribution in [0.3, 0.4) is 0 Å². The van der Waals surface area contributed by atoms with Gasteiger partial charge >= 0.3 is 0 Å². The highest BCUT2D eigenvalue weighted by Crippen LogP contribution is 2.14. The van der Waals surface area contributed by atoms with Crippen molar-refractivity contribution in [3.8, 4) is 0 Å². The summed E-state index contributed by atoms with van der Waals surface area (Å²) in [4.78, 5) is 0. The van der Waals surface area contributed by atoms with Gasteiger partial charge in [-0.1, -0.05) is 41.5 Å². The van der Waals surface area contributed by atoms with Crippen LogP contribution in [0.4, 0.5) is 4.39 Å². The van der Waals surface area contributed by atoms with E-state index in [9.17, 15) is 4.39 Å². The number of nitrogens with one attached hydrogen (secondary N) is 1. The van der Waals surface area contributed by atoms with Crippen molar-refractivity contribution >= 4 is 0 Å². The Labute approximate surface area is 120 Å². The molecule has 0 aromatic heterocycles. The van der Waals surface area contributed by atoms with Gasteiger partial charge in [0.2, 0.25) is 0 Å². The minimum Gasteiger partial charge on any atom is -0.316 e. The lowest BCUT2D eigenvalue weighted by atomic mass is 9.97. The molecule has 0 fully saturated rings. The lowest BCUT2D eigenvalue weighted by Gasteiger charge is -2.17. The second-order valence-electron chi connectivity index (χ2n) is 5.52. The van der Waals surface area contributed by atoms with Crippen molar-refractivity contribution < 1.29 is 4.39 Å². The van der Waals surface area contributed by atoms with Crippen LogP contribution in [0.15, 0.2) is 42.5 Å². The van der Waals surface area contributed by atoms with Gasteiger partial charge in [-0.25, -0.2) is 4.39 Å². The average Bonchev–Trinajstić information content (AvgIpc) is 2.36. The van der Waals surface area contributed by atoms with Gasteiger partial charge in [-0.05, 0) is 57.0 Å². The van der Waals surface area contributed by atoms with E-state index in [1.165, 1.54) is 22.8 Å². The first-order valence-corrected chi connectivity index (χ1v) is 7.05. The van der Waals surface area contributed by atoms with Gasteiger partial charge in [-0.3, -0.25) is 0 Å². The van der Waals surface area contributed by atoms with E-state index in [1.807, 2.05) is 13.1 Å². The van der Waals surface area contributed by atoms with Gasteiger partial charge in [-0.15, -0.1) is 0 Å². The van der Waals surface area contributed by atoms with Crippen LogP contribution in [-0.4, -0.2) is 13.1 Å². The third-order valence-electron chi connectivity index (χ3n) is 3.54. The second kappa shape index (κ2) is 6.67. The fraction of sp³-hybridized carbons (Fsp3) is 0.333. The van der Waals surface area contributed by atoms with Crippen molar-refractivity contribution in [2.24, 2.45) is 0 Å². The summed E-state index contributed by atoms with van der Waals surface area (Å²) in [5.74, 6) is -0.163. The smallest absolute Gasteiger partial charge is 0.123 e. The Morgan fingerprint density at radius 1 is 0.950 bits per heavy atom. The monoisotopic (exact) mass is 271 g/mol. The van der Waals surface area contributed by atoms with Crippen molar-refractivity contribution in [3.05, 3.63) is 70.5 Å².